The molecule has 2 aliphatic rings. The number of ether oxygens (including phenoxy) is 2. The largest absolute Gasteiger partial charge is 0.493 e. The quantitative estimate of drug-likeness (QED) is 0.356. The average molecular weight is 522 g/mol. The van der Waals surface area contributed by atoms with Gasteiger partial charge in [0, 0.05) is 29.7 Å². The van der Waals surface area contributed by atoms with Crippen molar-refractivity contribution in [3.8, 4) is 23.0 Å². The maximum atomic E-state index is 6.24. The van der Waals surface area contributed by atoms with E-state index in [2.05, 4.69) is 39.2 Å². The number of nitrogens with one attached hydrogen (secondary N) is 1. The molecule has 4 heterocycles. The second kappa shape index (κ2) is 12.4. The Labute approximate surface area is 226 Å². The lowest BCUT2D eigenvalue weighted by molar-refractivity contribution is 0.254. The highest BCUT2D eigenvalue weighted by Crippen LogP contribution is 2.38. The lowest BCUT2D eigenvalue weighted by Crippen LogP contribution is -2.36. The molecule has 0 atom stereocenters. The summed E-state index contributed by atoms with van der Waals surface area (Å²) in [6.07, 6.45) is 5.84. The zero-order chi connectivity index (χ0) is 26.5. The fraction of sp³-hybridized carbons (Fsp3) is 0.567. The van der Waals surface area contributed by atoms with E-state index in [1.807, 2.05) is 32.3 Å². The van der Waals surface area contributed by atoms with Crippen molar-refractivity contribution in [2.45, 2.75) is 44.7 Å². The second-order valence-corrected chi connectivity index (χ2v) is 11.1. The Morgan fingerprint density at radius 1 is 1.05 bits per heavy atom. The molecule has 8 heteroatoms. The maximum absolute atomic E-state index is 6.24. The standard InChI is InChI=1S/C30H43N5O3/c1-33(2)21-23-8-9-28(38-23)27-19-25(31-22-10-15-34(3)16-11-22)24-18-29(36-4)30(20-26(24)32-27)37-17-7-14-35-12-5-6-13-35/h8-9,18-20,22H,5-7,10-17,21H2,1-4H3,(H,31,32). The number of furan rings is 1. The van der Waals surface area contributed by atoms with E-state index in [1.54, 1.807) is 7.11 Å². The summed E-state index contributed by atoms with van der Waals surface area (Å²) in [5.74, 6) is 3.18. The molecule has 8 nitrogen and oxygen atoms in total. The summed E-state index contributed by atoms with van der Waals surface area (Å²) >= 11 is 0. The molecule has 1 aromatic carbocycles. The molecule has 38 heavy (non-hydrogen) atoms. The number of aromatic nitrogens is 1. The Kier molecular flexibility index (Phi) is 8.72. The fourth-order valence-corrected chi connectivity index (χ4v) is 5.51. The third-order valence-electron chi connectivity index (χ3n) is 7.63. The summed E-state index contributed by atoms with van der Waals surface area (Å²) in [5.41, 5.74) is 2.76. The normalized spacial score (nSPS) is 17.5. The van der Waals surface area contributed by atoms with Crippen molar-refractivity contribution >= 4 is 16.6 Å². The predicted octanol–water partition coefficient (Wildman–Crippen LogP) is 4.94. The molecule has 2 aliphatic heterocycles. The number of nitrogens with zero attached hydrogens (tertiary/aromatic N) is 4. The first-order chi connectivity index (χ1) is 18.5. The minimum Gasteiger partial charge on any atom is -0.493 e. The SMILES string of the molecule is COc1cc2c(NC3CCN(C)CC3)cc(-c3ccc(CN(C)C)o3)nc2cc1OCCCN1CCCC1. The van der Waals surface area contributed by atoms with Crippen LogP contribution in [0.15, 0.2) is 34.7 Å². The first-order valence-electron chi connectivity index (χ1n) is 14.1. The van der Waals surface area contributed by atoms with E-state index in [1.165, 1.54) is 25.9 Å². The van der Waals surface area contributed by atoms with Crippen LogP contribution in [0.4, 0.5) is 5.69 Å². The molecule has 0 saturated carbocycles. The lowest BCUT2D eigenvalue weighted by atomic mass is 10.0. The van der Waals surface area contributed by atoms with Gasteiger partial charge < -0.3 is 33.9 Å². The third kappa shape index (κ3) is 6.60. The monoisotopic (exact) mass is 521 g/mol. The highest BCUT2D eigenvalue weighted by atomic mass is 16.5. The highest BCUT2D eigenvalue weighted by molar-refractivity contribution is 5.95. The van der Waals surface area contributed by atoms with Gasteiger partial charge in [-0.05, 0) is 104 Å². The number of methoxy groups -OCH3 is 1. The first kappa shape index (κ1) is 26.8. The summed E-state index contributed by atoms with van der Waals surface area (Å²) in [6, 6.07) is 10.7. The number of rotatable bonds is 11. The predicted molar refractivity (Wildman–Crippen MR) is 153 cm³/mol. The summed E-state index contributed by atoms with van der Waals surface area (Å²) < 4.78 is 18.2. The van der Waals surface area contributed by atoms with Gasteiger partial charge in [0.2, 0.25) is 0 Å². The zero-order valence-corrected chi connectivity index (χ0v) is 23.5. The summed E-state index contributed by atoms with van der Waals surface area (Å²) in [4.78, 5) is 12.0. The van der Waals surface area contributed by atoms with E-state index < -0.39 is 0 Å². The molecule has 206 valence electrons. The lowest BCUT2D eigenvalue weighted by Gasteiger charge is -2.30. The van der Waals surface area contributed by atoms with Crippen molar-refractivity contribution in [2.24, 2.45) is 0 Å². The molecule has 0 radical (unpaired) electrons. The van der Waals surface area contributed by atoms with E-state index in [4.69, 9.17) is 18.9 Å². The van der Waals surface area contributed by atoms with Crippen molar-refractivity contribution in [1.29, 1.82) is 0 Å². The van der Waals surface area contributed by atoms with Gasteiger partial charge in [-0.3, -0.25) is 0 Å². The van der Waals surface area contributed by atoms with Gasteiger partial charge in [-0.25, -0.2) is 4.98 Å². The molecular weight excluding hydrogens is 478 g/mol. The Morgan fingerprint density at radius 3 is 2.58 bits per heavy atom. The maximum Gasteiger partial charge on any atom is 0.163 e. The van der Waals surface area contributed by atoms with Gasteiger partial charge in [-0.1, -0.05) is 0 Å². The molecule has 0 aliphatic carbocycles. The number of piperidine rings is 1. The third-order valence-corrected chi connectivity index (χ3v) is 7.63. The molecule has 0 spiro atoms. The Bertz CT molecular complexity index is 1200. The van der Waals surface area contributed by atoms with Crippen LogP contribution in [-0.2, 0) is 6.54 Å². The Morgan fingerprint density at radius 2 is 1.84 bits per heavy atom. The summed E-state index contributed by atoms with van der Waals surface area (Å²) in [5, 5.41) is 4.87. The molecule has 0 bridgehead atoms. The number of hydrogen-bond acceptors (Lipinski definition) is 8. The summed E-state index contributed by atoms with van der Waals surface area (Å²) in [6.45, 7) is 7.10. The van der Waals surface area contributed by atoms with Gasteiger partial charge in [0.1, 0.15) is 11.5 Å². The van der Waals surface area contributed by atoms with E-state index >= 15 is 0 Å². The fourth-order valence-electron chi connectivity index (χ4n) is 5.51. The smallest absolute Gasteiger partial charge is 0.163 e. The van der Waals surface area contributed by atoms with Crippen LogP contribution in [0.2, 0.25) is 0 Å². The van der Waals surface area contributed by atoms with Crippen LogP contribution < -0.4 is 14.8 Å². The number of likely N-dealkylation sites (tertiary alicyclic amines) is 2. The van der Waals surface area contributed by atoms with Crippen molar-refractivity contribution in [2.75, 3.05) is 72.9 Å². The minimum absolute atomic E-state index is 0.415. The van der Waals surface area contributed by atoms with Crippen LogP contribution in [0.1, 0.15) is 37.9 Å². The van der Waals surface area contributed by atoms with E-state index in [0.717, 1.165) is 90.7 Å². The van der Waals surface area contributed by atoms with Gasteiger partial charge in [0.05, 0.1) is 25.8 Å². The number of anilines is 1. The van der Waals surface area contributed by atoms with Crippen LogP contribution in [0.25, 0.3) is 22.4 Å². The van der Waals surface area contributed by atoms with Gasteiger partial charge in [0.15, 0.2) is 17.3 Å². The Balaban J connectivity index is 1.43. The molecule has 2 fully saturated rings. The second-order valence-electron chi connectivity index (χ2n) is 11.1. The molecule has 3 aromatic rings. The molecule has 2 saturated heterocycles. The summed E-state index contributed by atoms with van der Waals surface area (Å²) in [7, 11) is 7.98. The van der Waals surface area contributed by atoms with Gasteiger partial charge in [-0.2, -0.15) is 0 Å². The molecule has 2 aromatic heterocycles. The molecule has 1 N–H and O–H groups in total. The zero-order valence-electron chi connectivity index (χ0n) is 23.5. The van der Waals surface area contributed by atoms with Crippen molar-refractivity contribution in [3.05, 3.63) is 36.1 Å². The van der Waals surface area contributed by atoms with Crippen molar-refractivity contribution in [3.63, 3.8) is 0 Å². The number of pyridine rings is 1. The van der Waals surface area contributed by atoms with E-state index in [9.17, 15) is 0 Å². The molecule has 0 amide bonds. The number of fused-ring (bicyclic) bond motifs is 1. The van der Waals surface area contributed by atoms with Gasteiger partial charge in [-0.15, -0.1) is 0 Å². The van der Waals surface area contributed by atoms with Crippen LogP contribution >= 0.6 is 0 Å². The Hall–Kier alpha value is -2.81. The van der Waals surface area contributed by atoms with Crippen LogP contribution in [0.5, 0.6) is 11.5 Å². The molecule has 5 rings (SSSR count). The minimum atomic E-state index is 0.415. The van der Waals surface area contributed by atoms with Gasteiger partial charge in [0.25, 0.3) is 0 Å². The number of benzene rings is 1. The van der Waals surface area contributed by atoms with Crippen molar-refractivity contribution in [1.82, 2.24) is 19.7 Å². The van der Waals surface area contributed by atoms with Crippen LogP contribution in [-0.4, -0.2) is 93.3 Å². The van der Waals surface area contributed by atoms with Gasteiger partial charge >= 0.3 is 0 Å². The van der Waals surface area contributed by atoms with Crippen LogP contribution in [0.3, 0.4) is 0 Å². The average Bonchev–Trinajstić information content (AvgIpc) is 3.59. The molecular formula is C30H43N5O3. The highest BCUT2D eigenvalue weighted by Gasteiger charge is 2.20. The van der Waals surface area contributed by atoms with E-state index in [-0.39, 0.29) is 0 Å². The van der Waals surface area contributed by atoms with Crippen molar-refractivity contribution < 1.29 is 13.9 Å². The molecule has 0 unspecified atom stereocenters. The number of hydrogen-bond donors (Lipinski definition) is 1. The topological polar surface area (TPSA) is 66.2 Å². The van der Waals surface area contributed by atoms with E-state index in [0.29, 0.717) is 12.6 Å². The van der Waals surface area contributed by atoms with Crippen LogP contribution in [0, 0.1) is 0 Å². The first-order valence-corrected chi connectivity index (χ1v) is 14.1.